The molecule has 3 N–H and O–H groups in total. The minimum Gasteiger partial charge on any atom is -0.508 e. The van der Waals surface area contributed by atoms with Crippen LogP contribution in [0.25, 0.3) is 0 Å². The van der Waals surface area contributed by atoms with Crippen molar-refractivity contribution in [1.82, 2.24) is 5.32 Å². The normalized spacial score (nSPS) is 12.9. The molecule has 0 aromatic heterocycles. The molecule has 0 amide bonds. The van der Waals surface area contributed by atoms with Gasteiger partial charge in [-0.25, -0.2) is 0 Å². The molecule has 4 heteroatoms. The summed E-state index contributed by atoms with van der Waals surface area (Å²) in [7, 11) is 0. The van der Waals surface area contributed by atoms with Crippen molar-refractivity contribution in [1.29, 1.82) is 0 Å². The topological polar surface area (TPSA) is 61.7 Å². The second kappa shape index (κ2) is 7.24. The van der Waals surface area contributed by atoms with Gasteiger partial charge in [-0.2, -0.15) is 0 Å². The number of phenolic OH excluding ortho intramolecular Hbond substituents is 2. The monoisotopic (exact) mass is 253 g/mol. The van der Waals surface area contributed by atoms with Crippen molar-refractivity contribution in [3.05, 3.63) is 23.8 Å². The van der Waals surface area contributed by atoms with Crippen molar-refractivity contribution in [3.8, 4) is 11.5 Å². The van der Waals surface area contributed by atoms with Gasteiger partial charge in [-0.05, 0) is 18.9 Å². The number of hydrogen-bond acceptors (Lipinski definition) is 4. The van der Waals surface area contributed by atoms with Gasteiger partial charge in [0.25, 0.3) is 0 Å². The first-order valence-electron chi connectivity index (χ1n) is 6.36. The van der Waals surface area contributed by atoms with Crippen molar-refractivity contribution in [2.24, 2.45) is 5.92 Å². The van der Waals surface area contributed by atoms with Gasteiger partial charge in [0.05, 0.1) is 6.61 Å². The third-order valence-corrected chi connectivity index (χ3v) is 2.93. The number of benzene rings is 1. The van der Waals surface area contributed by atoms with E-state index in [9.17, 15) is 10.2 Å². The molecule has 18 heavy (non-hydrogen) atoms. The zero-order valence-electron chi connectivity index (χ0n) is 11.3. The molecule has 0 saturated heterocycles. The Balaban J connectivity index is 2.55. The molecular weight excluding hydrogens is 230 g/mol. The lowest BCUT2D eigenvalue weighted by Crippen LogP contribution is -2.37. The Kier molecular flexibility index (Phi) is 5.95. The summed E-state index contributed by atoms with van der Waals surface area (Å²) in [6.07, 6.45) is 0. The minimum atomic E-state index is 0.0750. The van der Waals surface area contributed by atoms with E-state index in [1.165, 1.54) is 6.07 Å². The van der Waals surface area contributed by atoms with Crippen molar-refractivity contribution < 1.29 is 14.9 Å². The second-order valence-corrected chi connectivity index (χ2v) is 4.70. The lowest BCUT2D eigenvalue weighted by atomic mass is 10.0. The van der Waals surface area contributed by atoms with Crippen LogP contribution >= 0.6 is 0 Å². The van der Waals surface area contributed by atoms with Crippen molar-refractivity contribution in [2.45, 2.75) is 33.4 Å². The Bertz CT molecular complexity index is 366. The van der Waals surface area contributed by atoms with Gasteiger partial charge in [-0.15, -0.1) is 0 Å². The van der Waals surface area contributed by atoms with Crippen LogP contribution in [0.5, 0.6) is 11.5 Å². The maximum Gasteiger partial charge on any atom is 0.123 e. The quantitative estimate of drug-likeness (QED) is 0.697. The predicted octanol–water partition coefficient (Wildman–Crippen LogP) is 2.25. The fraction of sp³-hybridized carbons (Fsp3) is 0.571. The molecule has 0 fully saturated rings. The molecule has 1 aromatic carbocycles. The van der Waals surface area contributed by atoms with Crippen LogP contribution in [0.1, 0.15) is 26.3 Å². The molecule has 102 valence electrons. The molecule has 0 aliphatic carbocycles. The highest BCUT2D eigenvalue weighted by Crippen LogP contribution is 2.22. The van der Waals surface area contributed by atoms with E-state index in [0.717, 1.165) is 5.56 Å². The van der Waals surface area contributed by atoms with Gasteiger partial charge in [0, 0.05) is 30.8 Å². The van der Waals surface area contributed by atoms with Crippen LogP contribution in [0, 0.1) is 5.92 Å². The Morgan fingerprint density at radius 2 is 2.00 bits per heavy atom. The SMILES string of the molecule is CCOCC(NCc1ccc(O)cc1O)C(C)C. The zero-order valence-corrected chi connectivity index (χ0v) is 11.3. The maximum absolute atomic E-state index is 9.69. The van der Waals surface area contributed by atoms with Gasteiger partial charge in [-0.3, -0.25) is 0 Å². The molecule has 0 heterocycles. The number of nitrogens with one attached hydrogen (secondary N) is 1. The third-order valence-electron chi connectivity index (χ3n) is 2.93. The van der Waals surface area contributed by atoms with Gasteiger partial charge in [0.2, 0.25) is 0 Å². The molecular formula is C14H23NO3. The molecule has 1 aromatic rings. The minimum absolute atomic E-state index is 0.0750. The van der Waals surface area contributed by atoms with E-state index in [4.69, 9.17) is 4.74 Å². The second-order valence-electron chi connectivity index (χ2n) is 4.70. The highest BCUT2D eigenvalue weighted by molar-refractivity contribution is 5.38. The molecule has 0 aliphatic rings. The van der Waals surface area contributed by atoms with E-state index in [1.807, 2.05) is 6.92 Å². The van der Waals surface area contributed by atoms with E-state index in [1.54, 1.807) is 12.1 Å². The van der Waals surface area contributed by atoms with Crippen LogP contribution in [0.3, 0.4) is 0 Å². The standard InChI is InChI=1S/C14H23NO3/c1-4-18-9-13(10(2)3)15-8-11-5-6-12(16)7-14(11)17/h5-7,10,13,15-17H,4,8-9H2,1-3H3. The fourth-order valence-corrected chi connectivity index (χ4v) is 1.67. The number of rotatable bonds is 7. The summed E-state index contributed by atoms with van der Waals surface area (Å²) < 4.78 is 5.43. The van der Waals surface area contributed by atoms with E-state index in [0.29, 0.717) is 25.7 Å². The largest absolute Gasteiger partial charge is 0.508 e. The van der Waals surface area contributed by atoms with Crippen LogP contribution in [0.4, 0.5) is 0 Å². The van der Waals surface area contributed by atoms with E-state index < -0.39 is 0 Å². The number of ether oxygens (including phenoxy) is 1. The molecule has 1 atom stereocenters. The van der Waals surface area contributed by atoms with Crippen LogP contribution < -0.4 is 5.32 Å². The van der Waals surface area contributed by atoms with Crippen LogP contribution in [0.2, 0.25) is 0 Å². The van der Waals surface area contributed by atoms with Gasteiger partial charge in [-0.1, -0.05) is 19.9 Å². The first-order chi connectivity index (χ1) is 8.54. The maximum atomic E-state index is 9.69. The summed E-state index contributed by atoms with van der Waals surface area (Å²) in [4.78, 5) is 0. The fourth-order valence-electron chi connectivity index (χ4n) is 1.67. The Hall–Kier alpha value is -1.26. The predicted molar refractivity (Wildman–Crippen MR) is 71.7 cm³/mol. The van der Waals surface area contributed by atoms with Crippen LogP contribution in [-0.4, -0.2) is 29.5 Å². The van der Waals surface area contributed by atoms with Gasteiger partial charge in [0.15, 0.2) is 0 Å². The third kappa shape index (κ3) is 4.55. The molecule has 0 saturated carbocycles. The van der Waals surface area contributed by atoms with Crippen LogP contribution in [0.15, 0.2) is 18.2 Å². The number of aromatic hydroxyl groups is 2. The smallest absolute Gasteiger partial charge is 0.123 e. The number of hydrogen-bond donors (Lipinski definition) is 3. The molecule has 0 radical (unpaired) electrons. The van der Waals surface area contributed by atoms with Crippen molar-refractivity contribution in [2.75, 3.05) is 13.2 Å². The summed E-state index contributed by atoms with van der Waals surface area (Å²) in [5.74, 6) is 0.642. The lowest BCUT2D eigenvalue weighted by Gasteiger charge is -2.22. The summed E-state index contributed by atoms with van der Waals surface area (Å²) in [5, 5.41) is 22.3. The summed E-state index contributed by atoms with van der Waals surface area (Å²) in [6, 6.07) is 4.89. The van der Waals surface area contributed by atoms with E-state index >= 15 is 0 Å². The van der Waals surface area contributed by atoms with Gasteiger partial charge in [0.1, 0.15) is 11.5 Å². The lowest BCUT2D eigenvalue weighted by molar-refractivity contribution is 0.107. The molecule has 0 spiro atoms. The average Bonchev–Trinajstić information content (AvgIpc) is 2.31. The first kappa shape index (κ1) is 14.8. The molecule has 0 bridgehead atoms. The van der Waals surface area contributed by atoms with Gasteiger partial charge >= 0.3 is 0 Å². The molecule has 1 unspecified atom stereocenters. The van der Waals surface area contributed by atoms with E-state index in [-0.39, 0.29) is 17.5 Å². The zero-order chi connectivity index (χ0) is 13.5. The number of phenols is 2. The molecule has 0 aliphatic heterocycles. The first-order valence-corrected chi connectivity index (χ1v) is 6.36. The highest BCUT2D eigenvalue weighted by atomic mass is 16.5. The van der Waals surface area contributed by atoms with Gasteiger partial charge < -0.3 is 20.3 Å². The Labute approximate surface area is 109 Å². The molecule has 4 nitrogen and oxygen atoms in total. The summed E-state index contributed by atoms with van der Waals surface area (Å²) in [6.45, 7) is 8.16. The van der Waals surface area contributed by atoms with Crippen molar-refractivity contribution >= 4 is 0 Å². The Morgan fingerprint density at radius 3 is 2.56 bits per heavy atom. The van der Waals surface area contributed by atoms with E-state index in [2.05, 4.69) is 19.2 Å². The van der Waals surface area contributed by atoms with Crippen LogP contribution in [-0.2, 0) is 11.3 Å². The highest BCUT2D eigenvalue weighted by Gasteiger charge is 2.13. The summed E-state index contributed by atoms with van der Waals surface area (Å²) in [5.41, 5.74) is 0.773. The Morgan fingerprint density at radius 1 is 1.28 bits per heavy atom. The van der Waals surface area contributed by atoms with Crippen molar-refractivity contribution in [3.63, 3.8) is 0 Å². The molecule has 1 rings (SSSR count). The summed E-state index contributed by atoms with van der Waals surface area (Å²) >= 11 is 0. The average molecular weight is 253 g/mol.